The number of anilines is 1. The second kappa shape index (κ2) is 6.35. The first-order chi connectivity index (χ1) is 11.1. The second-order valence-electron chi connectivity index (χ2n) is 5.15. The quantitative estimate of drug-likeness (QED) is 0.763. The minimum absolute atomic E-state index is 0.163. The van der Waals surface area contributed by atoms with Crippen molar-refractivity contribution in [1.29, 1.82) is 0 Å². The zero-order chi connectivity index (χ0) is 16.2. The summed E-state index contributed by atoms with van der Waals surface area (Å²) in [6.07, 6.45) is 3.43. The van der Waals surface area contributed by atoms with Gasteiger partial charge in [-0.15, -0.1) is 0 Å². The highest BCUT2D eigenvalue weighted by Gasteiger charge is 2.06. The average Bonchev–Trinajstić information content (AvgIpc) is 2.52. The van der Waals surface area contributed by atoms with E-state index in [0.717, 1.165) is 11.3 Å². The summed E-state index contributed by atoms with van der Waals surface area (Å²) < 4.78 is 0. The third-order valence-corrected chi connectivity index (χ3v) is 3.13. The molecule has 7 heteroatoms. The first-order valence-corrected chi connectivity index (χ1v) is 7.17. The number of aromatic amines is 1. The molecule has 0 aliphatic rings. The molecule has 0 unspecified atom stereocenters. The molecule has 3 rings (SSSR count). The summed E-state index contributed by atoms with van der Waals surface area (Å²) in [5.41, 5.74) is 2.21. The molecular weight excluding hydrogens is 292 g/mol. The van der Waals surface area contributed by atoms with Crippen LogP contribution >= 0.6 is 0 Å². The van der Waals surface area contributed by atoms with Crippen molar-refractivity contribution < 1.29 is 0 Å². The van der Waals surface area contributed by atoms with Crippen molar-refractivity contribution in [2.75, 3.05) is 5.32 Å². The Hall–Kier alpha value is -3.09. The monoisotopic (exact) mass is 308 g/mol. The molecule has 0 bridgehead atoms. The third-order valence-electron chi connectivity index (χ3n) is 3.13. The van der Waals surface area contributed by atoms with E-state index in [9.17, 15) is 4.79 Å². The summed E-state index contributed by atoms with van der Waals surface area (Å²) in [5, 5.41) is 3.16. The molecule has 0 aliphatic heterocycles. The van der Waals surface area contributed by atoms with E-state index < -0.39 is 0 Å². The van der Waals surface area contributed by atoms with E-state index in [1.165, 1.54) is 6.07 Å². The summed E-state index contributed by atoms with van der Waals surface area (Å²) in [4.78, 5) is 31.4. The lowest BCUT2D eigenvalue weighted by molar-refractivity contribution is 0.899. The van der Waals surface area contributed by atoms with E-state index in [0.29, 0.717) is 29.7 Å². The van der Waals surface area contributed by atoms with Gasteiger partial charge in [-0.3, -0.25) is 9.78 Å². The first-order valence-electron chi connectivity index (χ1n) is 7.17. The smallest absolute Gasteiger partial charge is 0.251 e. The van der Waals surface area contributed by atoms with Gasteiger partial charge >= 0.3 is 0 Å². The molecule has 3 heterocycles. The Morgan fingerprint density at radius 1 is 1.13 bits per heavy atom. The molecule has 0 amide bonds. The molecule has 0 fully saturated rings. The van der Waals surface area contributed by atoms with Gasteiger partial charge in [0.05, 0.1) is 6.54 Å². The van der Waals surface area contributed by atoms with E-state index in [1.807, 2.05) is 25.1 Å². The van der Waals surface area contributed by atoms with Crippen molar-refractivity contribution in [3.05, 3.63) is 64.2 Å². The highest BCUT2D eigenvalue weighted by atomic mass is 16.1. The highest BCUT2D eigenvalue weighted by molar-refractivity contribution is 5.56. The van der Waals surface area contributed by atoms with E-state index in [1.54, 1.807) is 19.3 Å². The number of H-pyrrole nitrogens is 1. The fourth-order valence-corrected chi connectivity index (χ4v) is 2.18. The maximum atomic E-state index is 11.5. The largest absolute Gasteiger partial charge is 0.363 e. The molecule has 2 N–H and O–H groups in total. The molecule has 0 saturated heterocycles. The maximum Gasteiger partial charge on any atom is 0.251 e. The van der Waals surface area contributed by atoms with Gasteiger partial charge in [-0.1, -0.05) is 0 Å². The van der Waals surface area contributed by atoms with Gasteiger partial charge < -0.3 is 10.3 Å². The standard InChI is InChI=1S/C16H16N6O/c1-10-6-13(18-9-14-19-11(2)7-15(23)21-14)22-16(20-10)12-4-3-5-17-8-12/h3-8H,9H2,1-2H3,(H,18,20,22)(H,19,21,23). The van der Waals surface area contributed by atoms with Crippen molar-refractivity contribution in [1.82, 2.24) is 24.9 Å². The number of hydrogen-bond donors (Lipinski definition) is 2. The van der Waals surface area contributed by atoms with Crippen molar-refractivity contribution in [2.45, 2.75) is 20.4 Å². The Bertz CT molecular complexity index is 875. The summed E-state index contributed by atoms with van der Waals surface area (Å²) in [6.45, 7) is 4.06. The molecule has 0 aromatic carbocycles. The third kappa shape index (κ3) is 3.76. The average molecular weight is 308 g/mol. The van der Waals surface area contributed by atoms with Crippen LogP contribution in [0.5, 0.6) is 0 Å². The van der Waals surface area contributed by atoms with Gasteiger partial charge in [0.2, 0.25) is 0 Å². The fraction of sp³-hybridized carbons (Fsp3) is 0.188. The van der Waals surface area contributed by atoms with Gasteiger partial charge in [-0.25, -0.2) is 15.0 Å². The fourth-order valence-electron chi connectivity index (χ4n) is 2.18. The molecule has 3 aromatic rings. The Labute approximate surface area is 132 Å². The Morgan fingerprint density at radius 3 is 2.70 bits per heavy atom. The summed E-state index contributed by atoms with van der Waals surface area (Å²) >= 11 is 0. The van der Waals surface area contributed by atoms with Crippen molar-refractivity contribution in [3.63, 3.8) is 0 Å². The van der Waals surface area contributed by atoms with Crippen LogP contribution in [0.4, 0.5) is 5.82 Å². The lowest BCUT2D eigenvalue weighted by Crippen LogP contribution is -2.14. The van der Waals surface area contributed by atoms with Crippen LogP contribution in [0.1, 0.15) is 17.2 Å². The SMILES string of the molecule is Cc1cc(NCc2nc(C)cc(=O)[nH]2)nc(-c2cccnc2)n1. The van der Waals surface area contributed by atoms with Crippen molar-refractivity contribution in [3.8, 4) is 11.4 Å². The van der Waals surface area contributed by atoms with Crippen LogP contribution < -0.4 is 10.9 Å². The molecule has 0 atom stereocenters. The zero-order valence-electron chi connectivity index (χ0n) is 12.9. The molecule has 3 aromatic heterocycles. The van der Waals surface area contributed by atoms with Gasteiger partial charge in [-0.05, 0) is 26.0 Å². The predicted molar refractivity (Wildman–Crippen MR) is 86.9 cm³/mol. The zero-order valence-corrected chi connectivity index (χ0v) is 12.9. The molecule has 0 saturated carbocycles. The molecule has 116 valence electrons. The summed E-state index contributed by atoms with van der Waals surface area (Å²) in [5.74, 6) is 1.83. The minimum atomic E-state index is -0.163. The minimum Gasteiger partial charge on any atom is -0.363 e. The van der Waals surface area contributed by atoms with Crippen LogP contribution in [0, 0.1) is 13.8 Å². The normalized spacial score (nSPS) is 10.5. The molecule has 0 spiro atoms. The highest BCUT2D eigenvalue weighted by Crippen LogP contribution is 2.16. The van der Waals surface area contributed by atoms with E-state index in [-0.39, 0.29) is 5.56 Å². The Morgan fingerprint density at radius 2 is 1.96 bits per heavy atom. The number of nitrogens with one attached hydrogen (secondary N) is 2. The van der Waals surface area contributed by atoms with Gasteiger partial charge in [-0.2, -0.15) is 0 Å². The topological polar surface area (TPSA) is 96.5 Å². The van der Waals surface area contributed by atoms with Crippen LogP contribution in [-0.4, -0.2) is 24.9 Å². The van der Waals surface area contributed by atoms with Crippen molar-refractivity contribution in [2.24, 2.45) is 0 Å². The van der Waals surface area contributed by atoms with Gasteiger partial charge in [0, 0.05) is 41.5 Å². The number of aryl methyl sites for hydroxylation is 2. The van der Waals surface area contributed by atoms with E-state index in [2.05, 4.69) is 30.2 Å². The number of nitrogens with zero attached hydrogens (tertiary/aromatic N) is 4. The molecular formula is C16H16N6O. The van der Waals surface area contributed by atoms with Gasteiger partial charge in [0.1, 0.15) is 11.6 Å². The number of rotatable bonds is 4. The first kappa shape index (κ1) is 14.8. The number of aromatic nitrogens is 5. The number of pyridine rings is 1. The van der Waals surface area contributed by atoms with E-state index in [4.69, 9.17) is 0 Å². The summed E-state index contributed by atoms with van der Waals surface area (Å²) in [7, 11) is 0. The van der Waals surface area contributed by atoms with Gasteiger partial charge in [0.15, 0.2) is 5.82 Å². The van der Waals surface area contributed by atoms with Crippen LogP contribution in [0.25, 0.3) is 11.4 Å². The van der Waals surface area contributed by atoms with Gasteiger partial charge in [0.25, 0.3) is 5.56 Å². The lowest BCUT2D eigenvalue weighted by Gasteiger charge is -2.08. The van der Waals surface area contributed by atoms with E-state index >= 15 is 0 Å². The molecule has 0 aliphatic carbocycles. The van der Waals surface area contributed by atoms with Crippen LogP contribution in [0.2, 0.25) is 0 Å². The molecule has 0 radical (unpaired) electrons. The maximum absolute atomic E-state index is 11.5. The summed E-state index contributed by atoms with van der Waals surface area (Å²) in [6, 6.07) is 7.05. The van der Waals surface area contributed by atoms with Crippen LogP contribution in [0.3, 0.4) is 0 Å². The van der Waals surface area contributed by atoms with Crippen LogP contribution in [0.15, 0.2) is 41.5 Å². The molecule has 7 nitrogen and oxygen atoms in total. The Kier molecular flexibility index (Phi) is 4.09. The number of hydrogen-bond acceptors (Lipinski definition) is 6. The van der Waals surface area contributed by atoms with Crippen molar-refractivity contribution >= 4 is 5.82 Å². The Balaban J connectivity index is 1.83. The predicted octanol–water partition coefficient (Wildman–Crippen LogP) is 1.85. The lowest BCUT2D eigenvalue weighted by atomic mass is 10.2. The van der Waals surface area contributed by atoms with Crippen LogP contribution in [-0.2, 0) is 6.54 Å². The molecule has 23 heavy (non-hydrogen) atoms. The second-order valence-corrected chi connectivity index (χ2v) is 5.15.